The summed E-state index contributed by atoms with van der Waals surface area (Å²) in [6.45, 7) is 7.18. The molecule has 0 spiro atoms. The topological polar surface area (TPSA) is 90.3 Å². The number of nitriles is 1. The van der Waals surface area contributed by atoms with E-state index in [2.05, 4.69) is 11.4 Å². The van der Waals surface area contributed by atoms with Gasteiger partial charge in [-0.25, -0.2) is 8.42 Å². The standard InChI is InChI=1S/C18H20ClN3O3S2/c1-10(2)22(5)27(24,25)13-6-7-16(19)14(8-13)17(23)21-18-15(9-20)11(3)12(4)26-18/h6-8,10H,1-5H3,(H,21,23). The average molecular weight is 426 g/mol. The summed E-state index contributed by atoms with van der Waals surface area (Å²) < 4.78 is 26.6. The van der Waals surface area contributed by atoms with Gasteiger partial charge in [-0.15, -0.1) is 11.3 Å². The molecule has 0 aliphatic heterocycles. The Morgan fingerprint density at radius 3 is 2.52 bits per heavy atom. The van der Waals surface area contributed by atoms with Crippen molar-refractivity contribution in [2.75, 3.05) is 12.4 Å². The minimum Gasteiger partial charge on any atom is -0.312 e. The summed E-state index contributed by atoms with van der Waals surface area (Å²) in [5.74, 6) is -0.568. The minimum atomic E-state index is -3.75. The van der Waals surface area contributed by atoms with Crippen LogP contribution in [0.2, 0.25) is 5.02 Å². The van der Waals surface area contributed by atoms with Crippen LogP contribution >= 0.6 is 22.9 Å². The van der Waals surface area contributed by atoms with Gasteiger partial charge >= 0.3 is 0 Å². The van der Waals surface area contributed by atoms with Crippen LogP contribution in [0.15, 0.2) is 23.1 Å². The largest absolute Gasteiger partial charge is 0.312 e. The van der Waals surface area contributed by atoms with Gasteiger partial charge in [0.2, 0.25) is 10.0 Å². The summed E-state index contributed by atoms with van der Waals surface area (Å²) in [6, 6.07) is 5.85. The fourth-order valence-corrected chi connectivity index (χ4v) is 4.91. The molecule has 6 nitrogen and oxygen atoms in total. The number of sulfonamides is 1. The SMILES string of the molecule is Cc1sc(NC(=O)c2cc(S(=O)(=O)N(C)C(C)C)ccc2Cl)c(C#N)c1C. The fourth-order valence-electron chi connectivity index (χ4n) is 2.30. The summed E-state index contributed by atoms with van der Waals surface area (Å²) in [5, 5.41) is 12.5. The van der Waals surface area contributed by atoms with Gasteiger partial charge in [0.15, 0.2) is 0 Å². The Labute approximate surface area is 168 Å². The van der Waals surface area contributed by atoms with Crippen LogP contribution in [-0.2, 0) is 10.0 Å². The van der Waals surface area contributed by atoms with Crippen LogP contribution in [0.1, 0.15) is 40.2 Å². The molecule has 1 aromatic heterocycles. The normalized spacial score (nSPS) is 11.7. The van der Waals surface area contributed by atoms with E-state index < -0.39 is 15.9 Å². The number of benzene rings is 1. The highest BCUT2D eigenvalue weighted by Gasteiger charge is 2.25. The summed E-state index contributed by atoms with van der Waals surface area (Å²) in [7, 11) is -2.28. The zero-order chi connectivity index (χ0) is 20.5. The second-order valence-corrected chi connectivity index (χ2v) is 9.94. The third-order valence-electron chi connectivity index (χ3n) is 4.31. The number of hydrogen-bond acceptors (Lipinski definition) is 5. The first-order chi connectivity index (χ1) is 12.5. The van der Waals surface area contributed by atoms with Crippen LogP contribution < -0.4 is 5.32 Å². The summed E-state index contributed by atoms with van der Waals surface area (Å²) in [4.78, 5) is 13.6. The molecule has 0 atom stereocenters. The molecule has 9 heteroatoms. The first-order valence-corrected chi connectivity index (χ1v) is 10.7. The van der Waals surface area contributed by atoms with Crippen molar-refractivity contribution in [2.45, 2.75) is 38.6 Å². The van der Waals surface area contributed by atoms with Gasteiger partial charge in [-0.1, -0.05) is 11.6 Å². The highest BCUT2D eigenvalue weighted by atomic mass is 35.5. The maximum absolute atomic E-state index is 12.7. The number of nitrogens with zero attached hydrogens (tertiary/aromatic N) is 2. The lowest BCUT2D eigenvalue weighted by Crippen LogP contribution is -2.33. The second-order valence-electron chi connectivity index (χ2n) is 6.31. The number of rotatable bonds is 5. The van der Waals surface area contributed by atoms with Gasteiger partial charge in [0, 0.05) is 18.0 Å². The Kier molecular flexibility index (Phi) is 6.32. The van der Waals surface area contributed by atoms with Crippen molar-refractivity contribution < 1.29 is 13.2 Å². The van der Waals surface area contributed by atoms with E-state index in [9.17, 15) is 18.5 Å². The lowest BCUT2D eigenvalue weighted by Gasteiger charge is -2.21. The lowest BCUT2D eigenvalue weighted by molar-refractivity contribution is 0.102. The molecule has 2 rings (SSSR count). The smallest absolute Gasteiger partial charge is 0.257 e. The molecule has 0 fully saturated rings. The van der Waals surface area contributed by atoms with E-state index >= 15 is 0 Å². The number of amides is 1. The number of nitrogens with one attached hydrogen (secondary N) is 1. The summed E-state index contributed by atoms with van der Waals surface area (Å²) in [6.07, 6.45) is 0. The van der Waals surface area contributed by atoms with Crippen LogP contribution in [0, 0.1) is 25.2 Å². The zero-order valence-corrected chi connectivity index (χ0v) is 18.0. The number of aryl methyl sites for hydroxylation is 1. The van der Waals surface area contributed by atoms with Crippen molar-refractivity contribution in [3.05, 3.63) is 44.8 Å². The van der Waals surface area contributed by atoms with E-state index in [-0.39, 0.29) is 21.5 Å². The van der Waals surface area contributed by atoms with Crippen LogP contribution in [0.4, 0.5) is 5.00 Å². The Balaban J connectivity index is 2.44. The molecule has 0 saturated heterocycles. The third-order valence-corrected chi connectivity index (χ3v) is 7.79. The van der Waals surface area contributed by atoms with Crippen LogP contribution in [0.25, 0.3) is 0 Å². The molecule has 0 radical (unpaired) electrons. The van der Waals surface area contributed by atoms with Gasteiger partial charge in [-0.05, 0) is 51.5 Å². The van der Waals surface area contributed by atoms with Gasteiger partial charge in [-0.3, -0.25) is 4.79 Å². The predicted octanol–water partition coefficient (Wildman–Crippen LogP) is 4.17. The molecule has 1 heterocycles. The molecule has 1 aromatic carbocycles. The van der Waals surface area contributed by atoms with Gasteiger partial charge in [0.25, 0.3) is 5.91 Å². The molecule has 0 saturated carbocycles. The minimum absolute atomic E-state index is 0.0210. The highest BCUT2D eigenvalue weighted by molar-refractivity contribution is 7.89. The van der Waals surface area contributed by atoms with Crippen molar-refractivity contribution in [1.82, 2.24) is 4.31 Å². The molecule has 0 bridgehead atoms. The van der Waals surface area contributed by atoms with E-state index in [1.807, 2.05) is 13.8 Å². The Morgan fingerprint density at radius 2 is 1.96 bits per heavy atom. The lowest BCUT2D eigenvalue weighted by atomic mass is 10.1. The molecule has 27 heavy (non-hydrogen) atoms. The molecular weight excluding hydrogens is 406 g/mol. The molecule has 1 amide bonds. The average Bonchev–Trinajstić information content (AvgIpc) is 2.87. The number of thiophene rings is 1. The second kappa shape index (κ2) is 7.98. The first kappa shape index (κ1) is 21.4. The van der Waals surface area contributed by atoms with Crippen molar-refractivity contribution in [1.29, 1.82) is 5.26 Å². The number of carbonyl (C=O) groups is 1. The first-order valence-electron chi connectivity index (χ1n) is 8.09. The zero-order valence-electron chi connectivity index (χ0n) is 15.6. The molecule has 0 unspecified atom stereocenters. The molecule has 1 N–H and O–H groups in total. The number of carbonyl (C=O) groups excluding carboxylic acids is 1. The molecule has 0 aliphatic rings. The van der Waals surface area contributed by atoms with E-state index in [4.69, 9.17) is 11.6 Å². The Morgan fingerprint density at radius 1 is 1.33 bits per heavy atom. The maximum atomic E-state index is 12.7. The fraction of sp³-hybridized carbons (Fsp3) is 0.333. The van der Waals surface area contributed by atoms with Gasteiger partial charge in [0.1, 0.15) is 11.1 Å². The van der Waals surface area contributed by atoms with Gasteiger partial charge in [0.05, 0.1) is 21.0 Å². The maximum Gasteiger partial charge on any atom is 0.257 e. The van der Waals surface area contributed by atoms with Gasteiger partial charge in [-0.2, -0.15) is 9.57 Å². The summed E-state index contributed by atoms with van der Waals surface area (Å²) >= 11 is 7.42. The van der Waals surface area contributed by atoms with Crippen LogP contribution in [-0.4, -0.2) is 31.7 Å². The van der Waals surface area contributed by atoms with E-state index in [1.165, 1.54) is 40.9 Å². The van der Waals surface area contributed by atoms with E-state index in [0.717, 1.165) is 10.4 Å². The molecule has 2 aromatic rings. The van der Waals surface area contributed by atoms with Gasteiger partial charge < -0.3 is 5.32 Å². The van der Waals surface area contributed by atoms with Crippen LogP contribution in [0.3, 0.4) is 0 Å². The molecular formula is C18H20ClN3O3S2. The monoisotopic (exact) mass is 425 g/mol. The Bertz CT molecular complexity index is 1040. The van der Waals surface area contributed by atoms with Crippen molar-refractivity contribution in [2.24, 2.45) is 0 Å². The number of anilines is 1. The summed E-state index contributed by atoms with van der Waals surface area (Å²) in [5.41, 5.74) is 1.23. The van der Waals surface area contributed by atoms with Crippen molar-refractivity contribution in [3.8, 4) is 6.07 Å². The predicted molar refractivity (Wildman–Crippen MR) is 108 cm³/mol. The Hall–Kier alpha value is -1.92. The third kappa shape index (κ3) is 4.17. The molecule has 144 valence electrons. The van der Waals surface area contributed by atoms with E-state index in [0.29, 0.717) is 10.6 Å². The number of hydrogen-bond donors (Lipinski definition) is 1. The van der Waals surface area contributed by atoms with Crippen molar-refractivity contribution >= 4 is 43.9 Å². The molecule has 0 aliphatic carbocycles. The van der Waals surface area contributed by atoms with Crippen LogP contribution in [0.5, 0.6) is 0 Å². The highest BCUT2D eigenvalue weighted by Crippen LogP contribution is 2.32. The van der Waals surface area contributed by atoms with Crippen molar-refractivity contribution in [3.63, 3.8) is 0 Å². The van der Waals surface area contributed by atoms with E-state index in [1.54, 1.807) is 13.8 Å². The quantitative estimate of drug-likeness (QED) is 0.778. The number of halogens is 1.